The Morgan fingerprint density at radius 3 is 2.62 bits per heavy atom. The molecule has 4 nitrogen and oxygen atoms in total. The third-order valence-corrected chi connectivity index (χ3v) is 4.02. The average Bonchev–Trinajstić information content (AvgIpc) is 2.96. The molecule has 0 saturated carbocycles. The highest BCUT2D eigenvalue weighted by atomic mass is 19.2. The summed E-state index contributed by atoms with van der Waals surface area (Å²) in [6.45, 7) is 2.24. The molecule has 0 aliphatic carbocycles. The van der Waals surface area contributed by atoms with Crippen molar-refractivity contribution in [1.82, 2.24) is 5.32 Å². The average molecular weight is 330 g/mol. The monoisotopic (exact) mass is 330 g/mol. The molecule has 0 radical (unpaired) electrons. The lowest BCUT2D eigenvalue weighted by Gasteiger charge is -2.25. The van der Waals surface area contributed by atoms with Crippen LogP contribution in [0.2, 0.25) is 0 Å². The van der Waals surface area contributed by atoms with E-state index in [0.717, 1.165) is 17.7 Å². The maximum Gasteiger partial charge on any atom is 0.259 e. The van der Waals surface area contributed by atoms with Crippen molar-refractivity contribution in [3.8, 4) is 0 Å². The van der Waals surface area contributed by atoms with Crippen LogP contribution in [0.5, 0.6) is 0 Å². The lowest BCUT2D eigenvalue weighted by molar-refractivity contribution is -0.122. The fourth-order valence-corrected chi connectivity index (χ4v) is 2.91. The fourth-order valence-electron chi connectivity index (χ4n) is 2.91. The van der Waals surface area contributed by atoms with Crippen LogP contribution in [0.3, 0.4) is 0 Å². The van der Waals surface area contributed by atoms with Gasteiger partial charge in [0.05, 0.1) is 0 Å². The van der Waals surface area contributed by atoms with Crippen molar-refractivity contribution in [2.45, 2.75) is 19.4 Å². The zero-order valence-electron chi connectivity index (χ0n) is 13.1. The van der Waals surface area contributed by atoms with Crippen molar-refractivity contribution < 1.29 is 18.4 Å². The Balaban J connectivity index is 2.01. The molecule has 0 aromatic heterocycles. The lowest BCUT2D eigenvalue weighted by atomic mass is 10.1. The molecule has 1 unspecified atom stereocenters. The Morgan fingerprint density at radius 1 is 1.17 bits per heavy atom. The van der Waals surface area contributed by atoms with Gasteiger partial charge in [-0.1, -0.05) is 18.2 Å². The molecule has 1 atom stereocenters. The Hall–Kier alpha value is -2.76. The van der Waals surface area contributed by atoms with Crippen molar-refractivity contribution in [3.63, 3.8) is 0 Å². The Labute approximate surface area is 138 Å². The largest absolute Gasteiger partial charge is 0.355 e. The predicted molar refractivity (Wildman–Crippen MR) is 85.8 cm³/mol. The molecular weight excluding hydrogens is 314 g/mol. The standard InChI is InChI=1S/C18H16F2N2O2/c1-2-21-17(23)16-10-11-5-3-4-6-15(11)22(16)18(24)12-7-8-13(19)14(20)9-12/h3-9,16H,2,10H2,1H3,(H,21,23). The number of anilines is 1. The normalized spacial score (nSPS) is 16.0. The van der Waals surface area contributed by atoms with E-state index >= 15 is 0 Å². The second-order valence-corrected chi connectivity index (χ2v) is 5.55. The topological polar surface area (TPSA) is 49.4 Å². The molecule has 3 rings (SSSR count). The minimum absolute atomic E-state index is 0.0000912. The van der Waals surface area contributed by atoms with Crippen molar-refractivity contribution >= 4 is 17.5 Å². The highest BCUT2D eigenvalue weighted by Gasteiger charge is 2.38. The smallest absolute Gasteiger partial charge is 0.259 e. The maximum atomic E-state index is 13.5. The van der Waals surface area contributed by atoms with E-state index in [9.17, 15) is 18.4 Å². The second kappa shape index (κ2) is 6.39. The summed E-state index contributed by atoms with van der Waals surface area (Å²) in [6, 6.07) is 9.47. The maximum absolute atomic E-state index is 13.5. The summed E-state index contributed by atoms with van der Waals surface area (Å²) in [4.78, 5) is 26.5. The number of halogens is 2. The van der Waals surface area contributed by atoms with Crippen LogP contribution in [0.15, 0.2) is 42.5 Å². The molecule has 0 bridgehead atoms. The summed E-state index contributed by atoms with van der Waals surface area (Å²) in [5, 5.41) is 2.71. The highest BCUT2D eigenvalue weighted by Crippen LogP contribution is 2.33. The van der Waals surface area contributed by atoms with Gasteiger partial charge in [0.1, 0.15) is 6.04 Å². The van der Waals surface area contributed by atoms with Gasteiger partial charge < -0.3 is 5.32 Å². The zero-order valence-corrected chi connectivity index (χ0v) is 13.1. The van der Waals surface area contributed by atoms with Crippen LogP contribution < -0.4 is 10.2 Å². The van der Waals surface area contributed by atoms with E-state index in [2.05, 4.69) is 5.32 Å². The number of carbonyl (C=O) groups is 2. The minimum atomic E-state index is -1.09. The summed E-state index contributed by atoms with van der Waals surface area (Å²) in [5.41, 5.74) is 1.48. The van der Waals surface area contributed by atoms with Crippen LogP contribution >= 0.6 is 0 Å². The molecule has 1 heterocycles. The quantitative estimate of drug-likeness (QED) is 0.941. The molecule has 0 spiro atoms. The number of fused-ring (bicyclic) bond motifs is 1. The van der Waals surface area contributed by atoms with Gasteiger partial charge in [-0.05, 0) is 36.8 Å². The van der Waals surface area contributed by atoms with Gasteiger partial charge in [-0.25, -0.2) is 8.78 Å². The first-order valence-corrected chi connectivity index (χ1v) is 7.67. The van der Waals surface area contributed by atoms with E-state index in [1.54, 1.807) is 19.1 Å². The number of rotatable bonds is 3. The number of carbonyl (C=O) groups excluding carboxylic acids is 2. The van der Waals surface area contributed by atoms with Gasteiger partial charge >= 0.3 is 0 Å². The molecule has 2 amide bonds. The van der Waals surface area contributed by atoms with Crippen LogP contribution in [0.1, 0.15) is 22.8 Å². The number of nitrogens with one attached hydrogen (secondary N) is 1. The van der Waals surface area contributed by atoms with Crippen molar-refractivity contribution in [2.75, 3.05) is 11.4 Å². The molecule has 2 aromatic carbocycles. The molecule has 24 heavy (non-hydrogen) atoms. The first kappa shape index (κ1) is 16.1. The summed E-state index contributed by atoms with van der Waals surface area (Å²) in [7, 11) is 0. The number of amides is 2. The number of nitrogens with zero attached hydrogens (tertiary/aromatic N) is 1. The van der Waals surface area contributed by atoms with E-state index in [1.165, 1.54) is 11.0 Å². The zero-order chi connectivity index (χ0) is 17.3. The van der Waals surface area contributed by atoms with Crippen molar-refractivity contribution in [3.05, 3.63) is 65.2 Å². The summed E-state index contributed by atoms with van der Waals surface area (Å²) in [6.07, 6.45) is 0.386. The molecule has 0 saturated heterocycles. The van der Waals surface area contributed by atoms with Crippen LogP contribution in [-0.4, -0.2) is 24.4 Å². The van der Waals surface area contributed by atoms with Crippen molar-refractivity contribution in [1.29, 1.82) is 0 Å². The third kappa shape index (κ3) is 2.75. The first-order valence-electron chi connectivity index (χ1n) is 7.67. The first-order chi connectivity index (χ1) is 11.5. The van der Waals surface area contributed by atoms with Gasteiger partial charge in [0.15, 0.2) is 11.6 Å². The highest BCUT2D eigenvalue weighted by molar-refractivity contribution is 6.11. The summed E-state index contributed by atoms with van der Waals surface area (Å²) < 4.78 is 26.6. The number of likely N-dealkylation sites (N-methyl/N-ethyl adjacent to an activating group) is 1. The molecule has 2 aromatic rings. The molecule has 0 fully saturated rings. The minimum Gasteiger partial charge on any atom is -0.355 e. The van der Waals surface area contributed by atoms with Gasteiger partial charge in [0.25, 0.3) is 5.91 Å². The van der Waals surface area contributed by atoms with Crippen LogP contribution in [0, 0.1) is 11.6 Å². The van der Waals surface area contributed by atoms with E-state index in [1.807, 2.05) is 12.1 Å². The van der Waals surface area contributed by atoms with Crippen LogP contribution in [-0.2, 0) is 11.2 Å². The van der Waals surface area contributed by atoms with Gasteiger partial charge in [-0.3, -0.25) is 14.5 Å². The predicted octanol–water partition coefficient (Wildman–Crippen LogP) is 2.67. The molecule has 1 N–H and O–H groups in total. The van der Waals surface area contributed by atoms with E-state index in [-0.39, 0.29) is 11.5 Å². The number of benzene rings is 2. The fraction of sp³-hybridized carbons (Fsp3) is 0.222. The SMILES string of the molecule is CCNC(=O)C1Cc2ccccc2N1C(=O)c1ccc(F)c(F)c1. The molecule has 1 aliphatic rings. The Kier molecular flexibility index (Phi) is 4.29. The molecular formula is C18H16F2N2O2. The van der Waals surface area contributed by atoms with Gasteiger partial charge in [-0.15, -0.1) is 0 Å². The van der Waals surface area contributed by atoms with E-state index in [0.29, 0.717) is 18.7 Å². The molecule has 1 aliphatic heterocycles. The van der Waals surface area contributed by atoms with Crippen LogP contribution in [0.25, 0.3) is 0 Å². The van der Waals surface area contributed by atoms with E-state index in [4.69, 9.17) is 0 Å². The van der Waals surface area contributed by atoms with Gasteiger partial charge in [0, 0.05) is 24.2 Å². The Bertz CT molecular complexity index is 807. The number of para-hydroxylation sites is 1. The van der Waals surface area contributed by atoms with E-state index < -0.39 is 23.6 Å². The summed E-state index contributed by atoms with van der Waals surface area (Å²) >= 11 is 0. The molecule has 6 heteroatoms. The van der Waals surface area contributed by atoms with Gasteiger partial charge in [0.2, 0.25) is 5.91 Å². The second-order valence-electron chi connectivity index (χ2n) is 5.55. The van der Waals surface area contributed by atoms with Crippen molar-refractivity contribution in [2.24, 2.45) is 0 Å². The summed E-state index contributed by atoms with van der Waals surface area (Å²) in [5.74, 6) is -2.92. The Morgan fingerprint density at radius 2 is 1.92 bits per heavy atom. The lowest BCUT2D eigenvalue weighted by Crippen LogP contribution is -2.48. The number of hydrogen-bond donors (Lipinski definition) is 1. The van der Waals surface area contributed by atoms with Crippen LogP contribution in [0.4, 0.5) is 14.5 Å². The number of hydrogen-bond acceptors (Lipinski definition) is 2. The van der Waals surface area contributed by atoms with Gasteiger partial charge in [-0.2, -0.15) is 0 Å². The molecule has 124 valence electrons. The third-order valence-electron chi connectivity index (χ3n) is 4.02.